The van der Waals surface area contributed by atoms with Gasteiger partial charge in [0.1, 0.15) is 34.4 Å². The molecule has 4 heterocycles. The van der Waals surface area contributed by atoms with Crippen LogP contribution in [-0.2, 0) is 4.74 Å². The third-order valence-corrected chi connectivity index (χ3v) is 6.19. The summed E-state index contributed by atoms with van der Waals surface area (Å²) in [4.78, 5) is 26.3. The Kier molecular flexibility index (Phi) is 6.84. The minimum Gasteiger partial charge on any atom is -0.488 e. The van der Waals surface area contributed by atoms with E-state index >= 15 is 0 Å². The highest BCUT2D eigenvalue weighted by atomic mass is 35.5. The molecule has 0 bridgehead atoms. The van der Waals surface area contributed by atoms with Crippen molar-refractivity contribution in [1.29, 1.82) is 0 Å². The number of nitrogens with one attached hydrogen (secondary N) is 1. The summed E-state index contributed by atoms with van der Waals surface area (Å²) in [5, 5.41) is 9.68. The van der Waals surface area contributed by atoms with E-state index in [2.05, 4.69) is 15.0 Å². The molecule has 36 heavy (non-hydrogen) atoms. The lowest BCUT2D eigenvalue weighted by Crippen LogP contribution is -2.42. The van der Waals surface area contributed by atoms with E-state index in [9.17, 15) is 9.90 Å². The second kappa shape index (κ2) is 10.2. The second-order valence-electron chi connectivity index (χ2n) is 8.92. The Morgan fingerprint density at radius 3 is 2.69 bits per heavy atom. The molecule has 2 atom stereocenters. The monoisotopic (exact) mass is 510 g/mol. The van der Waals surface area contributed by atoms with Gasteiger partial charge in [0, 0.05) is 36.6 Å². The van der Waals surface area contributed by atoms with Crippen molar-refractivity contribution >= 4 is 23.4 Å². The van der Waals surface area contributed by atoms with Gasteiger partial charge in [0.15, 0.2) is 0 Å². The fraction of sp³-hybridized carbons (Fsp3) is 0.346. The Morgan fingerprint density at radius 2 is 2.03 bits per heavy atom. The normalized spacial score (nSPS) is 17.7. The number of carbonyl (C=O) groups excluding carboxylic acids is 1. The van der Waals surface area contributed by atoms with Gasteiger partial charge in [-0.1, -0.05) is 11.6 Å². The lowest BCUT2D eigenvalue weighted by molar-refractivity contribution is 0.0651. The number of halogens is 1. The third-order valence-electron chi connectivity index (χ3n) is 5.92. The summed E-state index contributed by atoms with van der Waals surface area (Å²) in [6, 6.07) is 10.8. The number of nitrogens with zero attached hydrogens (tertiary/aromatic N) is 3. The highest BCUT2D eigenvalue weighted by molar-refractivity contribution is 6.32. The van der Waals surface area contributed by atoms with E-state index in [0.717, 1.165) is 36.5 Å². The van der Waals surface area contributed by atoms with E-state index < -0.39 is 6.10 Å². The molecule has 1 saturated heterocycles. The maximum atomic E-state index is 12.5. The standard InChI is InChI=1S/C26H27ClN4O5/c1-15-12-28-25(35-15)23-5-4-22(30-23)17-8-19(34-16(2)14-32)11-20(9-17)36-24-21(27)10-18(13-29-24)26(33)31-6-3-7-31/h4-5,8-11,13,15-16,30,32H,3,6-7,12,14H2,1-2H3/t15-,16-/m0/s1. The first kappa shape index (κ1) is 24.1. The summed E-state index contributed by atoms with van der Waals surface area (Å²) in [5.41, 5.74) is 2.79. The van der Waals surface area contributed by atoms with Gasteiger partial charge in [-0.2, -0.15) is 0 Å². The fourth-order valence-electron chi connectivity index (χ4n) is 3.87. The molecule has 5 rings (SSSR count). The molecule has 0 unspecified atom stereocenters. The maximum absolute atomic E-state index is 12.5. The van der Waals surface area contributed by atoms with Crippen LogP contribution < -0.4 is 9.47 Å². The summed E-state index contributed by atoms with van der Waals surface area (Å²) < 4.78 is 17.6. The Morgan fingerprint density at radius 1 is 1.25 bits per heavy atom. The van der Waals surface area contributed by atoms with Crippen molar-refractivity contribution in [1.82, 2.24) is 14.9 Å². The van der Waals surface area contributed by atoms with Gasteiger partial charge < -0.3 is 29.2 Å². The van der Waals surface area contributed by atoms with Crippen LogP contribution in [0.15, 0.2) is 47.6 Å². The number of hydrogen-bond donors (Lipinski definition) is 2. The first-order valence-electron chi connectivity index (χ1n) is 11.9. The number of H-pyrrole nitrogens is 1. The summed E-state index contributed by atoms with van der Waals surface area (Å²) >= 11 is 6.42. The molecule has 1 amide bonds. The van der Waals surface area contributed by atoms with Crippen molar-refractivity contribution in [2.75, 3.05) is 26.2 Å². The number of aliphatic hydroxyl groups is 1. The summed E-state index contributed by atoms with van der Waals surface area (Å²) in [6.07, 6.45) is 2.11. The van der Waals surface area contributed by atoms with Gasteiger partial charge in [-0.15, -0.1) is 0 Å². The smallest absolute Gasteiger partial charge is 0.255 e. The highest BCUT2D eigenvalue weighted by Crippen LogP contribution is 2.35. The molecule has 0 spiro atoms. The molecular formula is C26H27ClN4O5. The van der Waals surface area contributed by atoms with E-state index in [0.29, 0.717) is 29.5 Å². The van der Waals surface area contributed by atoms with Crippen LogP contribution >= 0.6 is 11.6 Å². The van der Waals surface area contributed by atoms with Gasteiger partial charge in [0.2, 0.25) is 11.8 Å². The third kappa shape index (κ3) is 5.17. The van der Waals surface area contributed by atoms with Crippen molar-refractivity contribution in [2.24, 2.45) is 4.99 Å². The van der Waals surface area contributed by atoms with Crippen molar-refractivity contribution in [3.8, 4) is 28.6 Å². The zero-order valence-electron chi connectivity index (χ0n) is 20.0. The van der Waals surface area contributed by atoms with Crippen LogP contribution in [0.1, 0.15) is 36.3 Å². The average Bonchev–Trinajstić information content (AvgIpc) is 3.48. The number of aromatic amines is 1. The van der Waals surface area contributed by atoms with Crippen molar-refractivity contribution < 1.29 is 24.1 Å². The molecular weight excluding hydrogens is 484 g/mol. The van der Waals surface area contributed by atoms with Gasteiger partial charge in [0.05, 0.1) is 18.7 Å². The summed E-state index contributed by atoms with van der Waals surface area (Å²) in [6.45, 7) is 5.72. The van der Waals surface area contributed by atoms with Gasteiger partial charge in [-0.25, -0.2) is 9.98 Å². The number of benzene rings is 1. The van der Waals surface area contributed by atoms with Crippen LogP contribution in [0.4, 0.5) is 0 Å². The van der Waals surface area contributed by atoms with Crippen LogP contribution in [0.3, 0.4) is 0 Å². The predicted octanol–water partition coefficient (Wildman–Crippen LogP) is 4.29. The number of amides is 1. The Bertz CT molecular complexity index is 1300. The number of aliphatic hydroxyl groups excluding tert-OH is 1. The fourth-order valence-corrected chi connectivity index (χ4v) is 4.07. The second-order valence-corrected chi connectivity index (χ2v) is 9.33. The molecule has 1 aromatic carbocycles. The van der Waals surface area contributed by atoms with Crippen molar-refractivity contribution in [3.05, 3.63) is 58.9 Å². The van der Waals surface area contributed by atoms with Crippen molar-refractivity contribution in [3.63, 3.8) is 0 Å². The minimum atomic E-state index is -0.413. The van der Waals surface area contributed by atoms with Crippen LogP contribution in [-0.4, -0.2) is 70.2 Å². The van der Waals surface area contributed by atoms with E-state index in [1.54, 1.807) is 24.0 Å². The van der Waals surface area contributed by atoms with E-state index in [4.69, 9.17) is 25.8 Å². The number of aromatic nitrogens is 2. The van der Waals surface area contributed by atoms with Crippen LogP contribution in [0.2, 0.25) is 5.02 Å². The predicted molar refractivity (Wildman–Crippen MR) is 135 cm³/mol. The molecule has 0 aliphatic carbocycles. The van der Waals surface area contributed by atoms with Gasteiger partial charge in [-0.05, 0) is 50.6 Å². The Labute approximate surface area is 213 Å². The summed E-state index contributed by atoms with van der Waals surface area (Å²) in [5.74, 6) is 1.60. The van der Waals surface area contributed by atoms with Crippen LogP contribution in [0.5, 0.6) is 17.4 Å². The molecule has 2 aliphatic heterocycles. The minimum absolute atomic E-state index is 0.0493. The number of likely N-dealkylation sites (tertiary alicyclic amines) is 1. The zero-order chi connectivity index (χ0) is 25.2. The SMILES string of the molecule is C[C@H]1CN=C(c2ccc(-c3cc(Oc4ncc(C(=O)N5CCC5)cc4Cl)cc(O[C@@H](C)CO)c3)[nH]2)O1. The largest absolute Gasteiger partial charge is 0.488 e. The number of ether oxygens (including phenoxy) is 3. The molecule has 2 aliphatic rings. The molecule has 1 fully saturated rings. The molecule has 0 radical (unpaired) electrons. The quantitative estimate of drug-likeness (QED) is 0.468. The Balaban J connectivity index is 1.42. The molecule has 2 aromatic heterocycles. The lowest BCUT2D eigenvalue weighted by atomic mass is 10.1. The average molecular weight is 511 g/mol. The topological polar surface area (TPSA) is 109 Å². The molecule has 2 N–H and O–H groups in total. The van der Waals surface area contributed by atoms with Gasteiger partial charge in [-0.3, -0.25) is 4.79 Å². The number of pyridine rings is 1. The van der Waals surface area contributed by atoms with E-state index in [1.165, 1.54) is 6.20 Å². The van der Waals surface area contributed by atoms with Crippen LogP contribution in [0.25, 0.3) is 11.3 Å². The summed E-state index contributed by atoms with van der Waals surface area (Å²) in [7, 11) is 0. The lowest BCUT2D eigenvalue weighted by Gasteiger charge is -2.30. The molecule has 9 nitrogen and oxygen atoms in total. The molecule has 10 heteroatoms. The number of carbonyl (C=O) groups is 1. The zero-order valence-corrected chi connectivity index (χ0v) is 20.8. The number of hydrogen-bond acceptors (Lipinski definition) is 7. The first-order valence-corrected chi connectivity index (χ1v) is 12.2. The maximum Gasteiger partial charge on any atom is 0.255 e. The highest BCUT2D eigenvalue weighted by Gasteiger charge is 2.23. The van der Waals surface area contributed by atoms with Gasteiger partial charge in [0.25, 0.3) is 5.91 Å². The van der Waals surface area contributed by atoms with E-state index in [-0.39, 0.29) is 29.5 Å². The van der Waals surface area contributed by atoms with Gasteiger partial charge >= 0.3 is 0 Å². The molecule has 3 aromatic rings. The number of aliphatic imine (C=N–C) groups is 1. The van der Waals surface area contributed by atoms with E-state index in [1.807, 2.05) is 31.2 Å². The first-order chi connectivity index (χ1) is 17.4. The number of rotatable bonds is 8. The van der Waals surface area contributed by atoms with Crippen molar-refractivity contribution in [2.45, 2.75) is 32.5 Å². The molecule has 188 valence electrons. The van der Waals surface area contributed by atoms with Crippen LogP contribution in [0, 0.1) is 0 Å². The Hall–Kier alpha value is -3.56. The molecule has 0 saturated carbocycles.